The van der Waals surface area contributed by atoms with Gasteiger partial charge in [0.25, 0.3) is 0 Å². The van der Waals surface area contributed by atoms with Crippen LogP contribution in [-0.2, 0) is 6.42 Å². The summed E-state index contributed by atoms with van der Waals surface area (Å²) in [4.78, 5) is 8.03. The van der Waals surface area contributed by atoms with E-state index in [1.165, 1.54) is 11.9 Å². The third kappa shape index (κ3) is 1.54. The Bertz CT molecular complexity index is 515. The van der Waals surface area contributed by atoms with Gasteiger partial charge in [0.05, 0.1) is 17.6 Å². The van der Waals surface area contributed by atoms with Gasteiger partial charge >= 0.3 is 0 Å². The summed E-state index contributed by atoms with van der Waals surface area (Å²) in [6.07, 6.45) is 4.03. The van der Waals surface area contributed by atoms with Crippen LogP contribution in [0.1, 0.15) is 23.9 Å². The van der Waals surface area contributed by atoms with Gasteiger partial charge in [-0.1, -0.05) is 6.92 Å². The van der Waals surface area contributed by atoms with Crippen molar-refractivity contribution >= 4 is 5.69 Å². The van der Waals surface area contributed by atoms with Gasteiger partial charge in [0.15, 0.2) is 5.82 Å². The van der Waals surface area contributed by atoms with E-state index in [-0.39, 0.29) is 0 Å². The van der Waals surface area contributed by atoms with E-state index >= 15 is 0 Å². The van der Waals surface area contributed by atoms with E-state index in [9.17, 15) is 0 Å². The molecule has 0 fully saturated rings. The molecule has 2 aromatic rings. The number of nitrogens with two attached hydrogens (primary N) is 1. The predicted octanol–water partition coefficient (Wildman–Crippen LogP) is 1.42. The molecular weight excluding hydrogens is 202 g/mol. The number of aromatic nitrogens is 4. The highest BCUT2D eigenvalue weighted by Gasteiger charge is 2.13. The van der Waals surface area contributed by atoms with Crippen molar-refractivity contribution in [2.24, 2.45) is 0 Å². The van der Waals surface area contributed by atoms with Crippen LogP contribution in [0.5, 0.6) is 0 Å². The number of anilines is 1. The van der Waals surface area contributed by atoms with Crippen LogP contribution in [0.15, 0.2) is 12.5 Å². The first kappa shape index (κ1) is 10.6. The number of rotatable bonds is 2. The average molecular weight is 217 g/mol. The maximum atomic E-state index is 5.84. The molecule has 0 aliphatic rings. The number of nitrogens with zero attached hydrogens (tertiary/aromatic N) is 4. The summed E-state index contributed by atoms with van der Waals surface area (Å²) in [7, 11) is 0. The van der Waals surface area contributed by atoms with Gasteiger partial charge in [-0.05, 0) is 25.8 Å². The van der Waals surface area contributed by atoms with Crippen LogP contribution in [0.4, 0.5) is 5.69 Å². The molecule has 5 heteroatoms. The number of hydrogen-bond acceptors (Lipinski definition) is 4. The lowest BCUT2D eigenvalue weighted by Gasteiger charge is -2.05. The van der Waals surface area contributed by atoms with Gasteiger partial charge in [0.1, 0.15) is 6.33 Å². The second-order valence-corrected chi connectivity index (χ2v) is 3.72. The van der Waals surface area contributed by atoms with E-state index in [4.69, 9.17) is 5.73 Å². The van der Waals surface area contributed by atoms with Crippen molar-refractivity contribution in [3.05, 3.63) is 29.5 Å². The first-order chi connectivity index (χ1) is 7.65. The molecule has 0 aliphatic carbocycles. The van der Waals surface area contributed by atoms with Crippen molar-refractivity contribution in [3.63, 3.8) is 0 Å². The lowest BCUT2D eigenvalue weighted by Crippen LogP contribution is -2.06. The largest absolute Gasteiger partial charge is 0.394 e. The molecule has 2 N–H and O–H groups in total. The fourth-order valence-electron chi connectivity index (χ4n) is 1.90. The van der Waals surface area contributed by atoms with Gasteiger partial charge in [-0.15, -0.1) is 0 Å². The summed E-state index contributed by atoms with van der Waals surface area (Å²) in [6.45, 7) is 6.14. The first-order valence-corrected chi connectivity index (χ1v) is 5.26. The molecule has 0 unspecified atom stereocenters. The molecular formula is C11H15N5. The van der Waals surface area contributed by atoms with Crippen molar-refractivity contribution in [2.75, 3.05) is 5.73 Å². The Morgan fingerprint density at radius 3 is 2.69 bits per heavy atom. The molecule has 5 nitrogen and oxygen atoms in total. The SMILES string of the molecule is CCc1c(C)nn(-c2ncncc2N)c1C. The zero-order valence-electron chi connectivity index (χ0n) is 9.73. The summed E-state index contributed by atoms with van der Waals surface area (Å²) in [6, 6.07) is 0. The van der Waals surface area contributed by atoms with Gasteiger partial charge in [-0.2, -0.15) is 5.10 Å². The van der Waals surface area contributed by atoms with Crippen molar-refractivity contribution in [3.8, 4) is 5.82 Å². The third-order valence-electron chi connectivity index (χ3n) is 2.71. The van der Waals surface area contributed by atoms with E-state index in [2.05, 4.69) is 22.0 Å². The lowest BCUT2D eigenvalue weighted by molar-refractivity contribution is 0.802. The monoisotopic (exact) mass is 217 g/mol. The topological polar surface area (TPSA) is 69.6 Å². The molecule has 0 radical (unpaired) electrons. The Labute approximate surface area is 94.3 Å². The fraction of sp³-hybridized carbons (Fsp3) is 0.364. The average Bonchev–Trinajstić information content (AvgIpc) is 2.55. The number of aryl methyl sites for hydroxylation is 1. The van der Waals surface area contributed by atoms with Gasteiger partial charge in [-0.25, -0.2) is 14.6 Å². The van der Waals surface area contributed by atoms with Crippen molar-refractivity contribution < 1.29 is 0 Å². The Hall–Kier alpha value is -1.91. The fourth-order valence-corrected chi connectivity index (χ4v) is 1.90. The molecule has 0 aliphatic heterocycles. The minimum atomic E-state index is 0.538. The standard InChI is InChI=1S/C11H15N5/c1-4-9-7(2)15-16(8(9)3)11-10(12)5-13-6-14-11/h5-6H,4,12H2,1-3H3. The lowest BCUT2D eigenvalue weighted by atomic mass is 10.1. The molecule has 2 heterocycles. The van der Waals surface area contributed by atoms with Crippen LogP contribution in [0, 0.1) is 13.8 Å². The molecule has 0 bridgehead atoms. The van der Waals surface area contributed by atoms with Crippen LogP contribution in [0.25, 0.3) is 5.82 Å². The Balaban J connectivity index is 2.62. The Kier molecular flexibility index (Phi) is 2.60. The van der Waals surface area contributed by atoms with Gasteiger partial charge in [0.2, 0.25) is 0 Å². The normalized spacial score (nSPS) is 10.7. The van der Waals surface area contributed by atoms with E-state index < -0.39 is 0 Å². The molecule has 0 saturated carbocycles. The van der Waals surface area contributed by atoms with Crippen molar-refractivity contribution in [1.29, 1.82) is 0 Å². The zero-order chi connectivity index (χ0) is 11.7. The maximum Gasteiger partial charge on any atom is 0.179 e. The summed E-state index contributed by atoms with van der Waals surface area (Å²) in [5.74, 6) is 0.648. The van der Waals surface area contributed by atoms with Gasteiger partial charge in [-0.3, -0.25) is 0 Å². The summed E-state index contributed by atoms with van der Waals surface area (Å²) in [5, 5.41) is 4.46. The smallest absolute Gasteiger partial charge is 0.179 e. The highest BCUT2D eigenvalue weighted by Crippen LogP contribution is 2.19. The maximum absolute atomic E-state index is 5.84. The highest BCUT2D eigenvalue weighted by molar-refractivity contribution is 5.51. The molecule has 0 atom stereocenters. The van der Waals surface area contributed by atoms with E-state index in [0.29, 0.717) is 11.5 Å². The number of nitrogen functional groups attached to an aromatic ring is 1. The van der Waals surface area contributed by atoms with E-state index in [0.717, 1.165) is 17.8 Å². The van der Waals surface area contributed by atoms with Crippen molar-refractivity contribution in [2.45, 2.75) is 27.2 Å². The minimum Gasteiger partial charge on any atom is -0.394 e. The molecule has 0 amide bonds. The van der Waals surface area contributed by atoms with Crippen LogP contribution < -0.4 is 5.73 Å². The molecule has 2 aromatic heterocycles. The molecule has 2 rings (SSSR count). The Morgan fingerprint density at radius 2 is 2.12 bits per heavy atom. The van der Waals surface area contributed by atoms with Crippen molar-refractivity contribution in [1.82, 2.24) is 19.7 Å². The van der Waals surface area contributed by atoms with Crippen LogP contribution >= 0.6 is 0 Å². The van der Waals surface area contributed by atoms with Gasteiger partial charge in [0, 0.05) is 5.69 Å². The highest BCUT2D eigenvalue weighted by atomic mass is 15.3. The molecule has 0 spiro atoms. The summed E-state index contributed by atoms with van der Waals surface area (Å²) in [5.41, 5.74) is 9.74. The quantitative estimate of drug-likeness (QED) is 0.826. The van der Waals surface area contributed by atoms with E-state index in [1.54, 1.807) is 10.9 Å². The minimum absolute atomic E-state index is 0.538. The van der Waals surface area contributed by atoms with Crippen LogP contribution in [0.3, 0.4) is 0 Å². The van der Waals surface area contributed by atoms with Gasteiger partial charge < -0.3 is 5.73 Å². The Morgan fingerprint density at radius 1 is 1.38 bits per heavy atom. The third-order valence-corrected chi connectivity index (χ3v) is 2.71. The molecule has 84 valence electrons. The van der Waals surface area contributed by atoms with Crippen LogP contribution in [0.2, 0.25) is 0 Å². The molecule has 0 aromatic carbocycles. The second kappa shape index (κ2) is 3.92. The summed E-state index contributed by atoms with van der Waals surface area (Å²) < 4.78 is 1.78. The zero-order valence-corrected chi connectivity index (χ0v) is 9.73. The van der Waals surface area contributed by atoms with E-state index in [1.807, 2.05) is 13.8 Å². The second-order valence-electron chi connectivity index (χ2n) is 3.72. The molecule has 16 heavy (non-hydrogen) atoms. The molecule has 0 saturated heterocycles. The predicted molar refractivity (Wildman–Crippen MR) is 62.4 cm³/mol. The van der Waals surface area contributed by atoms with Crippen LogP contribution in [-0.4, -0.2) is 19.7 Å². The summed E-state index contributed by atoms with van der Waals surface area (Å²) >= 11 is 0. The number of hydrogen-bond donors (Lipinski definition) is 1. The first-order valence-electron chi connectivity index (χ1n) is 5.26.